The number of carbonyl (C=O) groups excluding carboxylic acids is 3. The van der Waals surface area contributed by atoms with Crippen LogP contribution in [0.1, 0.15) is 54.4 Å². The molecule has 2 atom stereocenters. The van der Waals surface area contributed by atoms with E-state index in [0.717, 1.165) is 7.11 Å². The molecule has 0 spiro atoms. The predicted molar refractivity (Wildman–Crippen MR) is 91.3 cm³/mol. The highest BCUT2D eigenvalue weighted by Gasteiger charge is 2.41. The van der Waals surface area contributed by atoms with Crippen molar-refractivity contribution in [3.63, 3.8) is 0 Å². The SMILES string of the molecule is COC(=O)[C@@H](CCC(F)CO)N(C(=O)OC(C)(C)C)C(=O)OC(C)(C)C. The second-order valence-electron chi connectivity index (χ2n) is 7.73. The van der Waals surface area contributed by atoms with Gasteiger partial charge in [-0.15, -0.1) is 0 Å². The Kier molecular flexibility index (Phi) is 8.99. The number of hydrogen-bond acceptors (Lipinski definition) is 7. The molecule has 0 saturated heterocycles. The van der Waals surface area contributed by atoms with Crippen molar-refractivity contribution in [2.45, 2.75) is 77.8 Å². The fourth-order valence-corrected chi connectivity index (χ4v) is 1.87. The van der Waals surface area contributed by atoms with Crippen LogP contribution in [0.25, 0.3) is 0 Å². The molecule has 1 unspecified atom stereocenters. The van der Waals surface area contributed by atoms with Crippen LogP contribution in [0.5, 0.6) is 0 Å². The molecule has 0 aliphatic rings. The largest absolute Gasteiger partial charge is 0.467 e. The second-order valence-corrected chi connectivity index (χ2v) is 7.73. The minimum Gasteiger partial charge on any atom is -0.467 e. The Bertz CT molecular complexity index is 468. The Morgan fingerprint density at radius 2 is 1.38 bits per heavy atom. The average Bonchev–Trinajstić information content (AvgIpc) is 2.46. The average molecular weight is 379 g/mol. The molecule has 152 valence electrons. The Labute approximate surface area is 153 Å². The fraction of sp³-hybridized carbons (Fsp3) is 0.824. The number of methoxy groups -OCH3 is 1. The van der Waals surface area contributed by atoms with Crippen molar-refractivity contribution in [2.24, 2.45) is 0 Å². The van der Waals surface area contributed by atoms with E-state index in [1.54, 1.807) is 41.5 Å². The molecule has 8 nitrogen and oxygen atoms in total. The van der Waals surface area contributed by atoms with Crippen molar-refractivity contribution in [3.05, 3.63) is 0 Å². The maximum absolute atomic E-state index is 13.4. The third-order valence-corrected chi connectivity index (χ3v) is 2.92. The monoisotopic (exact) mass is 379 g/mol. The van der Waals surface area contributed by atoms with Crippen LogP contribution in [0.3, 0.4) is 0 Å². The summed E-state index contributed by atoms with van der Waals surface area (Å²) < 4.78 is 28.4. The van der Waals surface area contributed by atoms with Gasteiger partial charge in [-0.05, 0) is 54.4 Å². The van der Waals surface area contributed by atoms with Crippen molar-refractivity contribution < 1.29 is 38.1 Å². The third-order valence-electron chi connectivity index (χ3n) is 2.92. The lowest BCUT2D eigenvalue weighted by molar-refractivity contribution is -0.147. The van der Waals surface area contributed by atoms with Gasteiger partial charge < -0.3 is 19.3 Å². The Morgan fingerprint density at radius 3 is 1.69 bits per heavy atom. The van der Waals surface area contributed by atoms with Crippen LogP contribution < -0.4 is 0 Å². The molecule has 0 aliphatic carbocycles. The van der Waals surface area contributed by atoms with Gasteiger partial charge in [0.15, 0.2) is 0 Å². The van der Waals surface area contributed by atoms with Gasteiger partial charge in [0.1, 0.15) is 23.4 Å². The van der Waals surface area contributed by atoms with Crippen molar-refractivity contribution in [3.8, 4) is 0 Å². The van der Waals surface area contributed by atoms with Gasteiger partial charge in [0.25, 0.3) is 0 Å². The van der Waals surface area contributed by atoms with E-state index in [-0.39, 0.29) is 12.8 Å². The summed E-state index contributed by atoms with van der Waals surface area (Å²) in [5.74, 6) is -0.924. The van der Waals surface area contributed by atoms with Gasteiger partial charge in [0.05, 0.1) is 13.7 Å². The number of amides is 2. The van der Waals surface area contributed by atoms with Crippen LogP contribution >= 0.6 is 0 Å². The van der Waals surface area contributed by atoms with E-state index in [9.17, 15) is 18.8 Å². The molecule has 9 heteroatoms. The van der Waals surface area contributed by atoms with Gasteiger partial charge in [0, 0.05) is 0 Å². The highest BCUT2D eigenvalue weighted by molar-refractivity contribution is 5.94. The molecule has 0 aromatic carbocycles. The fourth-order valence-electron chi connectivity index (χ4n) is 1.87. The molecule has 1 N–H and O–H groups in total. The molecule has 0 aliphatic heterocycles. The van der Waals surface area contributed by atoms with Crippen molar-refractivity contribution in [2.75, 3.05) is 13.7 Å². The number of hydrogen-bond donors (Lipinski definition) is 1. The van der Waals surface area contributed by atoms with Crippen LogP contribution in [0, 0.1) is 0 Å². The number of ether oxygens (including phenoxy) is 3. The quantitative estimate of drug-likeness (QED) is 0.559. The topological polar surface area (TPSA) is 102 Å². The minimum absolute atomic E-state index is 0.257. The summed E-state index contributed by atoms with van der Waals surface area (Å²) in [6.07, 6.45) is -4.35. The van der Waals surface area contributed by atoms with Crippen molar-refractivity contribution in [1.82, 2.24) is 4.90 Å². The van der Waals surface area contributed by atoms with Crippen molar-refractivity contribution >= 4 is 18.2 Å². The Morgan fingerprint density at radius 1 is 0.962 bits per heavy atom. The van der Waals surface area contributed by atoms with E-state index in [1.807, 2.05) is 0 Å². The summed E-state index contributed by atoms with van der Waals surface area (Å²) in [7, 11) is 1.08. The summed E-state index contributed by atoms with van der Waals surface area (Å²) in [4.78, 5) is 37.7. The van der Waals surface area contributed by atoms with Gasteiger partial charge in [-0.2, -0.15) is 4.90 Å². The lowest BCUT2D eigenvalue weighted by Crippen LogP contribution is -2.52. The smallest absolute Gasteiger partial charge is 0.420 e. The van der Waals surface area contributed by atoms with Gasteiger partial charge in [-0.3, -0.25) is 0 Å². The van der Waals surface area contributed by atoms with E-state index in [2.05, 4.69) is 4.74 Å². The molecule has 0 saturated carbocycles. The molecule has 2 amide bonds. The zero-order valence-corrected chi connectivity index (χ0v) is 16.5. The second kappa shape index (κ2) is 9.70. The van der Waals surface area contributed by atoms with Crippen LogP contribution in [-0.2, 0) is 19.0 Å². The lowest BCUT2D eigenvalue weighted by atomic mass is 10.1. The molecule has 0 rings (SSSR count). The standard InChI is InChI=1S/C17H30FNO7/c1-16(2,3)25-14(22)19(15(23)26-17(4,5)6)12(13(21)24-7)9-8-11(18)10-20/h11-12,20H,8-10H2,1-7H3/t11?,12-/m1/s1. The molecule has 0 heterocycles. The summed E-state index contributed by atoms with van der Waals surface area (Å²) in [6.45, 7) is 8.81. The first kappa shape index (κ1) is 24.1. The summed E-state index contributed by atoms with van der Waals surface area (Å²) in [5.41, 5.74) is -1.88. The number of esters is 1. The maximum Gasteiger partial charge on any atom is 0.420 e. The molecule has 0 fully saturated rings. The molecular formula is C17H30FNO7. The number of alkyl halides is 1. The number of aliphatic hydroxyl groups is 1. The zero-order chi connectivity index (χ0) is 20.7. The van der Waals surface area contributed by atoms with Crippen LogP contribution in [0.2, 0.25) is 0 Å². The van der Waals surface area contributed by atoms with Gasteiger partial charge in [-0.25, -0.2) is 18.8 Å². The summed E-state index contributed by atoms with van der Waals surface area (Å²) in [6, 6.07) is -1.45. The first-order valence-corrected chi connectivity index (χ1v) is 8.29. The van der Waals surface area contributed by atoms with Crippen LogP contribution in [0.4, 0.5) is 14.0 Å². The highest BCUT2D eigenvalue weighted by atomic mass is 19.1. The highest BCUT2D eigenvalue weighted by Crippen LogP contribution is 2.20. The summed E-state index contributed by atoms with van der Waals surface area (Å²) >= 11 is 0. The number of rotatable bonds is 6. The normalized spacial score (nSPS) is 14.2. The molecular weight excluding hydrogens is 349 g/mol. The van der Waals surface area contributed by atoms with E-state index < -0.39 is 48.2 Å². The predicted octanol–water partition coefficient (Wildman–Crippen LogP) is 2.81. The van der Waals surface area contributed by atoms with E-state index >= 15 is 0 Å². The zero-order valence-electron chi connectivity index (χ0n) is 16.5. The number of imide groups is 1. The third kappa shape index (κ3) is 8.98. The van der Waals surface area contributed by atoms with Crippen LogP contribution in [-0.4, -0.2) is 65.3 Å². The summed E-state index contributed by atoms with van der Waals surface area (Å²) in [5, 5.41) is 8.82. The number of nitrogens with zero attached hydrogens (tertiary/aromatic N) is 1. The molecule has 0 radical (unpaired) electrons. The van der Waals surface area contributed by atoms with E-state index in [4.69, 9.17) is 14.6 Å². The maximum atomic E-state index is 13.4. The molecule has 0 aromatic heterocycles. The Hall–Kier alpha value is -1.90. The number of halogens is 1. The van der Waals surface area contributed by atoms with Crippen molar-refractivity contribution in [1.29, 1.82) is 0 Å². The molecule has 0 aromatic rings. The minimum atomic E-state index is -1.61. The molecule has 26 heavy (non-hydrogen) atoms. The Balaban J connectivity index is 5.73. The molecule has 0 bridgehead atoms. The first-order valence-electron chi connectivity index (χ1n) is 8.29. The number of aliphatic hydroxyl groups excluding tert-OH is 1. The van der Waals surface area contributed by atoms with Gasteiger partial charge in [-0.1, -0.05) is 0 Å². The van der Waals surface area contributed by atoms with E-state index in [1.165, 1.54) is 0 Å². The van der Waals surface area contributed by atoms with Crippen LogP contribution in [0.15, 0.2) is 0 Å². The van der Waals surface area contributed by atoms with E-state index in [0.29, 0.717) is 4.90 Å². The first-order chi connectivity index (χ1) is 11.7. The van der Waals surface area contributed by atoms with Gasteiger partial charge >= 0.3 is 18.2 Å². The van der Waals surface area contributed by atoms with Gasteiger partial charge in [0.2, 0.25) is 0 Å². The number of carbonyl (C=O) groups is 3. The lowest BCUT2D eigenvalue weighted by Gasteiger charge is -2.32.